The molecule has 2 aliphatic rings. The smallest absolute Gasteiger partial charge is 0.184 e. The zero-order chi connectivity index (χ0) is 13.8. The van der Waals surface area contributed by atoms with Gasteiger partial charge in [0.25, 0.3) is 0 Å². The molecular weight excluding hydrogens is 244 g/mol. The maximum Gasteiger partial charge on any atom is 0.184 e. The highest BCUT2D eigenvalue weighted by atomic mass is 16.8. The van der Waals surface area contributed by atoms with Crippen LogP contribution in [0, 0.1) is 0 Å². The lowest BCUT2D eigenvalue weighted by Crippen LogP contribution is -2.44. The van der Waals surface area contributed by atoms with Crippen molar-refractivity contribution in [3.8, 4) is 0 Å². The van der Waals surface area contributed by atoms with Crippen LogP contribution in [0.25, 0.3) is 0 Å². The zero-order valence-electron chi connectivity index (χ0n) is 11.9. The number of hydrogen-bond donors (Lipinski definition) is 0. The van der Waals surface area contributed by atoms with Gasteiger partial charge in [-0.05, 0) is 12.5 Å². The van der Waals surface area contributed by atoms with Gasteiger partial charge in [-0.15, -0.1) is 0 Å². The molecule has 3 rings (SSSR count). The lowest BCUT2D eigenvalue weighted by atomic mass is 10.0. The van der Waals surface area contributed by atoms with Gasteiger partial charge in [-0.1, -0.05) is 30.3 Å². The van der Waals surface area contributed by atoms with E-state index in [4.69, 9.17) is 20.3 Å². The second-order valence-electron chi connectivity index (χ2n) is 4.86. The van der Waals surface area contributed by atoms with E-state index >= 15 is 0 Å². The van der Waals surface area contributed by atoms with Gasteiger partial charge < -0.3 is 18.9 Å². The molecule has 4 heteroatoms. The first-order chi connectivity index (χ1) is 9.86. The Labute approximate surface area is 115 Å². The van der Waals surface area contributed by atoms with Crippen LogP contribution in [0.15, 0.2) is 30.3 Å². The summed E-state index contributed by atoms with van der Waals surface area (Å²) in [5, 5.41) is 0. The largest absolute Gasteiger partial charge is 0.373 e. The molecule has 0 aromatic heterocycles. The summed E-state index contributed by atoms with van der Waals surface area (Å²) in [6.07, 6.45) is 0.342. The van der Waals surface area contributed by atoms with E-state index in [1.807, 2.05) is 30.3 Å². The van der Waals surface area contributed by atoms with Crippen LogP contribution >= 0.6 is 0 Å². The third-order valence-corrected chi connectivity index (χ3v) is 3.56. The van der Waals surface area contributed by atoms with E-state index in [2.05, 4.69) is 0 Å². The van der Waals surface area contributed by atoms with Crippen molar-refractivity contribution in [2.75, 3.05) is 13.2 Å². The Morgan fingerprint density at radius 2 is 2.16 bits per heavy atom. The number of hydrogen-bond acceptors (Lipinski definition) is 4. The van der Waals surface area contributed by atoms with E-state index in [0.29, 0.717) is 19.8 Å². The molecule has 2 heterocycles. The molecule has 104 valence electrons. The molecule has 1 unspecified atom stereocenters. The summed E-state index contributed by atoms with van der Waals surface area (Å²) in [6.45, 7) is 1.79. The first-order valence-corrected chi connectivity index (χ1v) is 6.70. The average Bonchev–Trinajstić information content (AvgIpc) is 2.92. The van der Waals surface area contributed by atoms with E-state index in [-0.39, 0.29) is 31.5 Å². The van der Waals surface area contributed by atoms with Crippen LogP contribution in [-0.4, -0.2) is 37.8 Å². The molecule has 2 aliphatic heterocycles. The fourth-order valence-corrected chi connectivity index (χ4v) is 2.57. The van der Waals surface area contributed by atoms with Crippen LogP contribution in [0.3, 0.4) is 0 Å². The Balaban J connectivity index is 1.55. The SMILES string of the molecule is [2H]CCO[C@@H]1C[C@H](OCc2ccccc2)[C@H]2COC1O2. The summed E-state index contributed by atoms with van der Waals surface area (Å²) in [4.78, 5) is 0. The van der Waals surface area contributed by atoms with Crippen LogP contribution in [0.5, 0.6) is 0 Å². The van der Waals surface area contributed by atoms with Crippen LogP contribution in [0.1, 0.15) is 20.3 Å². The first kappa shape index (κ1) is 11.9. The molecule has 1 aromatic carbocycles. The Morgan fingerprint density at radius 1 is 1.26 bits per heavy atom. The van der Waals surface area contributed by atoms with Gasteiger partial charge in [0.15, 0.2) is 6.29 Å². The van der Waals surface area contributed by atoms with Crippen LogP contribution < -0.4 is 0 Å². The van der Waals surface area contributed by atoms with Crippen LogP contribution in [0.2, 0.25) is 0 Å². The van der Waals surface area contributed by atoms with Crippen molar-refractivity contribution in [1.29, 1.82) is 0 Å². The minimum atomic E-state index is -0.289. The lowest BCUT2D eigenvalue weighted by Gasteiger charge is -2.33. The van der Waals surface area contributed by atoms with Crippen molar-refractivity contribution in [3.05, 3.63) is 35.9 Å². The van der Waals surface area contributed by atoms with E-state index in [9.17, 15) is 0 Å². The number of fused-ring (bicyclic) bond motifs is 2. The molecular formula is C15H20O4. The molecule has 2 saturated heterocycles. The Kier molecular flexibility index (Phi) is 3.75. The summed E-state index contributed by atoms with van der Waals surface area (Å²) in [7, 11) is 0. The minimum absolute atomic E-state index is 0.000404. The molecule has 0 N–H and O–H groups in total. The zero-order valence-corrected chi connectivity index (χ0v) is 10.9. The van der Waals surface area contributed by atoms with Crippen LogP contribution in [-0.2, 0) is 25.6 Å². The van der Waals surface area contributed by atoms with Gasteiger partial charge in [0.2, 0.25) is 0 Å². The standard InChI is InChI=1S/C15H20O4/c1-2-16-13-8-12(14-10-18-15(13)19-14)17-9-11-6-4-3-5-7-11/h3-7,12-15H,2,8-10H2,1H3/t12-,13+,14+,15?/m0/s1/i1D. The molecule has 0 saturated carbocycles. The Bertz CT molecular complexity index is 414. The van der Waals surface area contributed by atoms with Crippen molar-refractivity contribution in [2.45, 2.75) is 44.5 Å². The second-order valence-corrected chi connectivity index (χ2v) is 4.86. The van der Waals surface area contributed by atoms with Crippen LogP contribution in [0.4, 0.5) is 0 Å². The van der Waals surface area contributed by atoms with Crippen molar-refractivity contribution < 1.29 is 20.3 Å². The Morgan fingerprint density at radius 3 is 3.00 bits per heavy atom. The van der Waals surface area contributed by atoms with Gasteiger partial charge in [-0.3, -0.25) is 0 Å². The number of rotatable bonds is 5. The maximum atomic E-state index is 7.16. The number of ether oxygens (including phenoxy) is 4. The molecule has 1 aromatic rings. The lowest BCUT2D eigenvalue weighted by molar-refractivity contribution is -0.206. The molecule has 2 bridgehead atoms. The average molecular weight is 265 g/mol. The predicted octanol–water partition coefficient (Wildman–Crippen LogP) is 2.12. The van der Waals surface area contributed by atoms with Crippen molar-refractivity contribution in [1.82, 2.24) is 0 Å². The minimum Gasteiger partial charge on any atom is -0.373 e. The van der Waals surface area contributed by atoms with Gasteiger partial charge >= 0.3 is 0 Å². The van der Waals surface area contributed by atoms with Gasteiger partial charge in [-0.2, -0.15) is 0 Å². The summed E-state index contributed by atoms with van der Waals surface area (Å²) in [6, 6.07) is 10.1. The third-order valence-electron chi connectivity index (χ3n) is 3.56. The van der Waals surface area contributed by atoms with Crippen molar-refractivity contribution >= 4 is 0 Å². The Hall–Kier alpha value is -0.940. The van der Waals surface area contributed by atoms with Crippen molar-refractivity contribution in [3.63, 3.8) is 0 Å². The van der Waals surface area contributed by atoms with Gasteiger partial charge in [0.05, 0.1) is 19.3 Å². The predicted molar refractivity (Wildman–Crippen MR) is 69.7 cm³/mol. The molecule has 19 heavy (non-hydrogen) atoms. The van der Waals surface area contributed by atoms with E-state index in [1.54, 1.807) is 0 Å². The highest BCUT2D eigenvalue weighted by molar-refractivity contribution is 5.13. The van der Waals surface area contributed by atoms with Crippen molar-refractivity contribution in [2.24, 2.45) is 0 Å². The molecule has 4 atom stereocenters. The summed E-state index contributed by atoms with van der Waals surface area (Å²) < 4.78 is 30.1. The fraction of sp³-hybridized carbons (Fsp3) is 0.600. The number of benzene rings is 1. The van der Waals surface area contributed by atoms with E-state index < -0.39 is 0 Å². The molecule has 0 aliphatic carbocycles. The summed E-state index contributed by atoms with van der Waals surface area (Å²) in [5.41, 5.74) is 1.15. The quantitative estimate of drug-likeness (QED) is 0.817. The fourth-order valence-electron chi connectivity index (χ4n) is 2.57. The van der Waals surface area contributed by atoms with Gasteiger partial charge in [0, 0.05) is 14.4 Å². The topological polar surface area (TPSA) is 36.9 Å². The highest BCUT2D eigenvalue weighted by Gasteiger charge is 2.45. The maximum absolute atomic E-state index is 7.16. The summed E-state index contributed by atoms with van der Waals surface area (Å²) >= 11 is 0. The molecule has 0 spiro atoms. The normalized spacial score (nSPS) is 34.2. The molecule has 2 fully saturated rings. The monoisotopic (exact) mass is 265 g/mol. The second kappa shape index (κ2) is 6.01. The first-order valence-electron chi connectivity index (χ1n) is 7.41. The molecule has 0 amide bonds. The van der Waals surface area contributed by atoms with Gasteiger partial charge in [-0.25, -0.2) is 0 Å². The molecule has 4 nitrogen and oxygen atoms in total. The van der Waals surface area contributed by atoms with E-state index in [0.717, 1.165) is 12.0 Å². The highest BCUT2D eigenvalue weighted by Crippen LogP contribution is 2.31. The summed E-state index contributed by atoms with van der Waals surface area (Å²) in [5.74, 6) is 0. The third kappa shape index (κ3) is 2.98. The van der Waals surface area contributed by atoms with Gasteiger partial charge in [0.1, 0.15) is 12.2 Å². The van der Waals surface area contributed by atoms with E-state index in [1.165, 1.54) is 0 Å². The molecule has 0 radical (unpaired) electrons.